The Balaban J connectivity index is 2.21. The Kier molecular flexibility index (Phi) is 4.89. The lowest BCUT2D eigenvalue weighted by Gasteiger charge is -2.39. The van der Waals surface area contributed by atoms with Crippen LogP contribution in [0.25, 0.3) is 0 Å². The molecule has 21 heavy (non-hydrogen) atoms. The molecular formula is C17H23Cl2NO. The molecule has 0 aliphatic carbocycles. The van der Waals surface area contributed by atoms with Gasteiger partial charge in [-0.05, 0) is 30.0 Å². The van der Waals surface area contributed by atoms with E-state index in [4.69, 9.17) is 23.2 Å². The number of carbonyl (C=O) groups excluding carboxylic acids is 1. The van der Waals surface area contributed by atoms with Crippen LogP contribution in [0.1, 0.15) is 45.6 Å². The molecule has 116 valence electrons. The number of likely N-dealkylation sites (tertiary alicyclic amines) is 1. The third-order valence-corrected chi connectivity index (χ3v) is 4.74. The van der Waals surface area contributed by atoms with Gasteiger partial charge in [0.25, 0.3) is 0 Å². The van der Waals surface area contributed by atoms with Crippen molar-refractivity contribution in [2.24, 2.45) is 11.3 Å². The van der Waals surface area contributed by atoms with Crippen molar-refractivity contribution in [3.05, 3.63) is 33.8 Å². The van der Waals surface area contributed by atoms with E-state index in [0.29, 0.717) is 21.9 Å². The molecule has 1 aromatic rings. The summed E-state index contributed by atoms with van der Waals surface area (Å²) < 4.78 is 0. The fourth-order valence-corrected chi connectivity index (χ4v) is 3.31. The topological polar surface area (TPSA) is 20.3 Å². The minimum absolute atomic E-state index is 0.221. The number of hydrogen-bond acceptors (Lipinski definition) is 1. The number of benzene rings is 1. The Bertz CT molecular complexity index is 536. The van der Waals surface area contributed by atoms with Gasteiger partial charge in [0.05, 0.1) is 10.0 Å². The standard InChI is InChI=1S/C17H23Cl2NO/c1-11-7-13(12-5-6-14(18)15(19)8-12)10-20(9-11)16(21)17(2,3)4/h5-6,8,11,13H,7,9-10H2,1-4H3/t11-,13-/m1/s1. The molecule has 1 aromatic carbocycles. The molecule has 1 aliphatic rings. The molecule has 0 unspecified atom stereocenters. The third-order valence-electron chi connectivity index (χ3n) is 4.00. The summed E-state index contributed by atoms with van der Waals surface area (Å²) in [6, 6.07) is 5.80. The van der Waals surface area contributed by atoms with Gasteiger partial charge in [-0.2, -0.15) is 0 Å². The summed E-state index contributed by atoms with van der Waals surface area (Å²) in [5.41, 5.74) is 0.835. The molecular weight excluding hydrogens is 305 g/mol. The highest BCUT2D eigenvalue weighted by atomic mass is 35.5. The first kappa shape index (κ1) is 16.6. The Labute approximate surface area is 137 Å². The normalized spacial score (nSPS) is 23.2. The highest BCUT2D eigenvalue weighted by Gasteiger charge is 2.33. The fraction of sp³-hybridized carbons (Fsp3) is 0.588. The smallest absolute Gasteiger partial charge is 0.227 e. The maximum atomic E-state index is 12.5. The van der Waals surface area contributed by atoms with Crippen molar-refractivity contribution in [3.63, 3.8) is 0 Å². The van der Waals surface area contributed by atoms with E-state index in [1.54, 1.807) is 0 Å². The van der Waals surface area contributed by atoms with Gasteiger partial charge in [0.1, 0.15) is 0 Å². The lowest BCUT2D eigenvalue weighted by molar-refractivity contribution is -0.141. The van der Waals surface area contributed by atoms with Crippen LogP contribution in [0.2, 0.25) is 10.0 Å². The number of nitrogens with zero attached hydrogens (tertiary/aromatic N) is 1. The zero-order chi connectivity index (χ0) is 15.8. The van der Waals surface area contributed by atoms with Gasteiger partial charge in [-0.3, -0.25) is 4.79 Å². The molecule has 0 radical (unpaired) electrons. The Hall–Kier alpha value is -0.730. The van der Waals surface area contributed by atoms with Gasteiger partial charge in [0, 0.05) is 24.4 Å². The fourth-order valence-electron chi connectivity index (χ4n) is 3.00. The minimum Gasteiger partial charge on any atom is -0.341 e. The van der Waals surface area contributed by atoms with Crippen molar-refractivity contribution in [1.82, 2.24) is 4.90 Å². The molecule has 0 bridgehead atoms. The Morgan fingerprint density at radius 1 is 1.19 bits per heavy atom. The van der Waals surface area contributed by atoms with E-state index in [1.165, 1.54) is 5.56 Å². The summed E-state index contributed by atoms with van der Waals surface area (Å²) in [6.07, 6.45) is 1.08. The highest BCUT2D eigenvalue weighted by molar-refractivity contribution is 6.42. The van der Waals surface area contributed by atoms with Gasteiger partial charge in [0.2, 0.25) is 5.91 Å². The van der Waals surface area contributed by atoms with Gasteiger partial charge in [-0.1, -0.05) is 57.0 Å². The van der Waals surface area contributed by atoms with Gasteiger partial charge in [-0.15, -0.1) is 0 Å². The predicted molar refractivity (Wildman–Crippen MR) is 89.0 cm³/mol. The molecule has 1 heterocycles. The predicted octanol–water partition coefficient (Wildman–Crippen LogP) is 4.99. The van der Waals surface area contributed by atoms with Crippen molar-refractivity contribution >= 4 is 29.1 Å². The van der Waals surface area contributed by atoms with E-state index >= 15 is 0 Å². The molecule has 2 nitrogen and oxygen atoms in total. The van der Waals surface area contributed by atoms with Crippen LogP contribution >= 0.6 is 23.2 Å². The van der Waals surface area contributed by atoms with E-state index in [-0.39, 0.29) is 11.3 Å². The van der Waals surface area contributed by atoms with Crippen LogP contribution in [0.3, 0.4) is 0 Å². The van der Waals surface area contributed by atoms with E-state index in [1.807, 2.05) is 43.9 Å². The van der Waals surface area contributed by atoms with Crippen LogP contribution in [0.5, 0.6) is 0 Å². The van der Waals surface area contributed by atoms with Gasteiger partial charge >= 0.3 is 0 Å². The molecule has 0 spiro atoms. The van der Waals surface area contributed by atoms with Crippen LogP contribution < -0.4 is 0 Å². The lowest BCUT2D eigenvalue weighted by Crippen LogP contribution is -2.47. The molecule has 1 fully saturated rings. The summed E-state index contributed by atoms with van der Waals surface area (Å²) in [4.78, 5) is 14.5. The second kappa shape index (κ2) is 6.18. The van der Waals surface area contributed by atoms with E-state index in [9.17, 15) is 4.79 Å². The number of hydrogen-bond donors (Lipinski definition) is 0. The SMILES string of the molecule is C[C@@H]1C[C@@H](c2ccc(Cl)c(Cl)c2)CN(C(=O)C(C)(C)C)C1. The Morgan fingerprint density at radius 2 is 1.86 bits per heavy atom. The van der Waals surface area contributed by atoms with Crippen LogP contribution in [0.15, 0.2) is 18.2 Å². The van der Waals surface area contributed by atoms with Crippen LogP contribution in [0.4, 0.5) is 0 Å². The van der Waals surface area contributed by atoms with Crippen LogP contribution in [-0.4, -0.2) is 23.9 Å². The van der Waals surface area contributed by atoms with E-state index in [2.05, 4.69) is 6.92 Å². The summed E-state index contributed by atoms with van der Waals surface area (Å²) in [5, 5.41) is 1.16. The average molecular weight is 328 g/mol. The number of halogens is 2. The molecule has 1 amide bonds. The van der Waals surface area contributed by atoms with Crippen molar-refractivity contribution in [1.29, 1.82) is 0 Å². The third kappa shape index (κ3) is 3.92. The molecule has 0 saturated carbocycles. The number of rotatable bonds is 1. The summed E-state index contributed by atoms with van der Waals surface area (Å²) in [6.45, 7) is 9.73. The quantitative estimate of drug-likeness (QED) is 0.711. The lowest BCUT2D eigenvalue weighted by atomic mass is 9.83. The second-order valence-corrected chi connectivity index (χ2v) is 7.99. The maximum absolute atomic E-state index is 12.5. The van der Waals surface area contributed by atoms with Gasteiger partial charge < -0.3 is 4.90 Å². The van der Waals surface area contributed by atoms with Crippen molar-refractivity contribution in [3.8, 4) is 0 Å². The molecule has 1 aliphatic heterocycles. The highest BCUT2D eigenvalue weighted by Crippen LogP contribution is 2.34. The first-order valence-electron chi connectivity index (χ1n) is 7.43. The second-order valence-electron chi connectivity index (χ2n) is 7.17. The summed E-state index contributed by atoms with van der Waals surface area (Å²) in [7, 11) is 0. The van der Waals surface area contributed by atoms with Gasteiger partial charge in [0.15, 0.2) is 0 Å². The summed E-state index contributed by atoms with van der Waals surface area (Å²) in [5.74, 6) is 1.04. The zero-order valence-electron chi connectivity index (χ0n) is 13.1. The van der Waals surface area contributed by atoms with Crippen LogP contribution in [0, 0.1) is 11.3 Å². The minimum atomic E-state index is -0.334. The van der Waals surface area contributed by atoms with Crippen molar-refractivity contribution in [2.75, 3.05) is 13.1 Å². The first-order valence-corrected chi connectivity index (χ1v) is 8.18. The number of carbonyl (C=O) groups is 1. The number of amides is 1. The van der Waals surface area contributed by atoms with Gasteiger partial charge in [-0.25, -0.2) is 0 Å². The monoisotopic (exact) mass is 327 g/mol. The van der Waals surface area contributed by atoms with Crippen molar-refractivity contribution < 1.29 is 4.79 Å². The molecule has 2 atom stereocenters. The molecule has 0 aromatic heterocycles. The Morgan fingerprint density at radius 3 is 2.43 bits per heavy atom. The first-order chi connectivity index (χ1) is 9.68. The van der Waals surface area contributed by atoms with Crippen LogP contribution in [-0.2, 0) is 4.79 Å². The molecule has 1 saturated heterocycles. The average Bonchev–Trinajstić information content (AvgIpc) is 2.39. The number of piperidine rings is 1. The summed E-state index contributed by atoms with van der Waals surface area (Å²) >= 11 is 12.1. The molecule has 0 N–H and O–H groups in total. The molecule has 2 rings (SSSR count). The van der Waals surface area contributed by atoms with E-state index in [0.717, 1.165) is 19.5 Å². The molecule has 4 heteroatoms. The van der Waals surface area contributed by atoms with Crippen molar-refractivity contribution in [2.45, 2.75) is 40.0 Å². The largest absolute Gasteiger partial charge is 0.341 e. The maximum Gasteiger partial charge on any atom is 0.227 e. The zero-order valence-corrected chi connectivity index (χ0v) is 14.6. The van der Waals surface area contributed by atoms with E-state index < -0.39 is 0 Å².